The summed E-state index contributed by atoms with van der Waals surface area (Å²) in [4.78, 5) is 16.8. The molecule has 0 unspecified atom stereocenters. The highest BCUT2D eigenvalue weighted by Crippen LogP contribution is 2.11. The fourth-order valence-corrected chi connectivity index (χ4v) is 3.24. The number of benzene rings is 1. The van der Waals surface area contributed by atoms with Crippen LogP contribution in [0.25, 0.3) is 0 Å². The van der Waals surface area contributed by atoms with Crippen molar-refractivity contribution in [2.75, 3.05) is 38.0 Å². The van der Waals surface area contributed by atoms with Crippen LogP contribution in [-0.2, 0) is 11.3 Å². The third-order valence-corrected chi connectivity index (χ3v) is 4.72. The summed E-state index contributed by atoms with van der Waals surface area (Å²) in [5.41, 5.74) is 1.92. The molecular weight excluding hydrogens is 342 g/mol. The molecule has 2 heterocycles. The molecular formula is C20H25N5O2. The lowest BCUT2D eigenvalue weighted by molar-refractivity contribution is -0.116. The minimum absolute atomic E-state index is 0.0398. The molecule has 1 amide bonds. The Morgan fingerprint density at radius 1 is 1.22 bits per heavy atom. The van der Waals surface area contributed by atoms with Crippen molar-refractivity contribution in [2.24, 2.45) is 0 Å². The molecule has 0 aliphatic carbocycles. The van der Waals surface area contributed by atoms with Gasteiger partial charge in [0.2, 0.25) is 5.91 Å². The number of amides is 1. The summed E-state index contributed by atoms with van der Waals surface area (Å²) >= 11 is 0. The number of aryl methyl sites for hydroxylation is 1. The number of carbonyl (C=O) groups excluding carboxylic acids is 1. The first-order valence-electron chi connectivity index (χ1n) is 9.29. The number of hydrogen-bond donors (Lipinski definition) is 1. The summed E-state index contributed by atoms with van der Waals surface area (Å²) in [7, 11) is 0. The molecule has 2 aromatic rings. The van der Waals surface area contributed by atoms with E-state index in [1.54, 1.807) is 13.0 Å². The van der Waals surface area contributed by atoms with Crippen LogP contribution in [0.5, 0.6) is 0 Å². The van der Waals surface area contributed by atoms with E-state index in [2.05, 4.69) is 26.3 Å². The van der Waals surface area contributed by atoms with Gasteiger partial charge in [-0.3, -0.25) is 9.69 Å². The largest absolute Gasteiger partial charge is 0.360 e. The quantitative estimate of drug-likeness (QED) is 0.844. The maximum absolute atomic E-state index is 12.1. The van der Waals surface area contributed by atoms with Crippen LogP contribution in [-0.4, -0.2) is 53.6 Å². The Morgan fingerprint density at radius 2 is 1.96 bits per heavy atom. The van der Waals surface area contributed by atoms with Crippen molar-refractivity contribution in [1.29, 1.82) is 5.26 Å². The molecule has 0 radical (unpaired) electrons. The van der Waals surface area contributed by atoms with E-state index in [0.29, 0.717) is 23.6 Å². The van der Waals surface area contributed by atoms with E-state index in [0.717, 1.165) is 45.7 Å². The highest BCUT2D eigenvalue weighted by molar-refractivity contribution is 5.89. The SMILES string of the molecule is Cc1cc(NC(=O)CCN2CCCN(Cc3ccc(C#N)cc3)CC2)no1. The summed E-state index contributed by atoms with van der Waals surface area (Å²) in [6.07, 6.45) is 1.53. The van der Waals surface area contributed by atoms with Crippen LogP contribution in [0.15, 0.2) is 34.9 Å². The smallest absolute Gasteiger partial charge is 0.226 e. The minimum atomic E-state index is -0.0398. The lowest BCUT2D eigenvalue weighted by atomic mass is 10.1. The molecule has 0 bridgehead atoms. The molecule has 7 nitrogen and oxygen atoms in total. The molecule has 0 spiro atoms. The zero-order valence-electron chi connectivity index (χ0n) is 15.6. The topological polar surface area (TPSA) is 85.4 Å². The number of hydrogen-bond acceptors (Lipinski definition) is 6. The molecule has 1 aromatic heterocycles. The van der Waals surface area contributed by atoms with Gasteiger partial charge in [-0.15, -0.1) is 0 Å². The third-order valence-electron chi connectivity index (χ3n) is 4.72. The maximum atomic E-state index is 12.1. The molecule has 27 heavy (non-hydrogen) atoms. The van der Waals surface area contributed by atoms with Crippen molar-refractivity contribution < 1.29 is 9.32 Å². The number of aromatic nitrogens is 1. The van der Waals surface area contributed by atoms with E-state index >= 15 is 0 Å². The molecule has 0 saturated carbocycles. The highest BCUT2D eigenvalue weighted by atomic mass is 16.5. The Balaban J connectivity index is 1.41. The van der Waals surface area contributed by atoms with Crippen LogP contribution in [0.3, 0.4) is 0 Å². The van der Waals surface area contributed by atoms with Crippen LogP contribution in [0.1, 0.15) is 29.7 Å². The summed E-state index contributed by atoms with van der Waals surface area (Å²) < 4.78 is 4.95. The number of rotatable bonds is 6. The minimum Gasteiger partial charge on any atom is -0.360 e. The molecule has 1 N–H and O–H groups in total. The average molecular weight is 367 g/mol. The van der Waals surface area contributed by atoms with Gasteiger partial charge in [0.1, 0.15) is 5.76 Å². The van der Waals surface area contributed by atoms with Crippen LogP contribution < -0.4 is 5.32 Å². The molecule has 1 aromatic carbocycles. The Bertz CT molecular complexity index is 793. The first-order chi connectivity index (χ1) is 13.1. The van der Waals surface area contributed by atoms with Gasteiger partial charge in [0, 0.05) is 38.7 Å². The first kappa shape index (κ1) is 19.1. The summed E-state index contributed by atoms with van der Waals surface area (Å²) in [6, 6.07) is 11.7. The van der Waals surface area contributed by atoms with Crippen LogP contribution in [0.4, 0.5) is 5.82 Å². The zero-order valence-corrected chi connectivity index (χ0v) is 15.6. The van der Waals surface area contributed by atoms with Crippen LogP contribution in [0.2, 0.25) is 0 Å². The average Bonchev–Trinajstić information content (AvgIpc) is 2.94. The fraction of sp³-hybridized carbons (Fsp3) is 0.450. The summed E-state index contributed by atoms with van der Waals surface area (Å²) in [5.74, 6) is 1.11. The van der Waals surface area contributed by atoms with Gasteiger partial charge in [0.25, 0.3) is 0 Å². The predicted octanol–water partition coefficient (Wildman–Crippen LogP) is 2.39. The Hall–Kier alpha value is -2.69. The van der Waals surface area contributed by atoms with Gasteiger partial charge in [-0.2, -0.15) is 5.26 Å². The van der Waals surface area contributed by atoms with Gasteiger partial charge in [0.05, 0.1) is 11.6 Å². The van der Waals surface area contributed by atoms with E-state index < -0.39 is 0 Å². The molecule has 142 valence electrons. The van der Waals surface area contributed by atoms with Gasteiger partial charge in [-0.05, 0) is 44.1 Å². The van der Waals surface area contributed by atoms with Gasteiger partial charge in [-0.25, -0.2) is 0 Å². The van der Waals surface area contributed by atoms with E-state index in [4.69, 9.17) is 9.78 Å². The Morgan fingerprint density at radius 3 is 2.67 bits per heavy atom. The van der Waals surface area contributed by atoms with Gasteiger partial charge in [0.15, 0.2) is 5.82 Å². The first-order valence-corrected chi connectivity index (χ1v) is 9.29. The fourth-order valence-electron chi connectivity index (χ4n) is 3.24. The molecule has 1 aliphatic rings. The Labute approximate surface area is 159 Å². The van der Waals surface area contributed by atoms with E-state index in [9.17, 15) is 4.79 Å². The van der Waals surface area contributed by atoms with Crippen molar-refractivity contribution >= 4 is 11.7 Å². The van der Waals surface area contributed by atoms with Gasteiger partial charge < -0.3 is 14.7 Å². The molecule has 1 aliphatic heterocycles. The number of carbonyl (C=O) groups is 1. The number of nitrogens with zero attached hydrogens (tertiary/aromatic N) is 4. The van der Waals surface area contributed by atoms with Crippen molar-refractivity contribution in [1.82, 2.24) is 15.0 Å². The summed E-state index contributed by atoms with van der Waals surface area (Å²) in [6.45, 7) is 7.40. The maximum Gasteiger partial charge on any atom is 0.226 e. The highest BCUT2D eigenvalue weighted by Gasteiger charge is 2.16. The number of anilines is 1. The van der Waals surface area contributed by atoms with E-state index in [1.165, 1.54) is 5.56 Å². The van der Waals surface area contributed by atoms with Crippen LogP contribution in [0, 0.1) is 18.3 Å². The molecule has 7 heteroatoms. The molecule has 1 saturated heterocycles. The summed E-state index contributed by atoms with van der Waals surface area (Å²) in [5, 5.41) is 15.4. The monoisotopic (exact) mass is 367 g/mol. The third kappa shape index (κ3) is 5.91. The van der Waals surface area contributed by atoms with E-state index in [-0.39, 0.29) is 5.91 Å². The number of nitriles is 1. The van der Waals surface area contributed by atoms with Crippen molar-refractivity contribution in [3.63, 3.8) is 0 Å². The number of nitrogens with one attached hydrogen (secondary N) is 1. The van der Waals surface area contributed by atoms with Crippen molar-refractivity contribution in [2.45, 2.75) is 26.3 Å². The molecule has 0 atom stereocenters. The van der Waals surface area contributed by atoms with Crippen LogP contribution >= 0.6 is 0 Å². The van der Waals surface area contributed by atoms with E-state index in [1.807, 2.05) is 24.3 Å². The lowest BCUT2D eigenvalue weighted by Gasteiger charge is -2.21. The standard InChI is InChI=1S/C20H25N5O2/c1-16-13-19(23-27-16)22-20(26)7-10-24-8-2-9-25(12-11-24)15-18-5-3-17(14-21)4-6-18/h3-6,13H,2,7-12,15H2,1H3,(H,22,23,26). The predicted molar refractivity (Wildman–Crippen MR) is 102 cm³/mol. The lowest BCUT2D eigenvalue weighted by Crippen LogP contribution is -2.32. The Kier molecular flexibility index (Phi) is 6.58. The van der Waals surface area contributed by atoms with Gasteiger partial charge >= 0.3 is 0 Å². The second-order valence-electron chi connectivity index (χ2n) is 6.90. The molecule has 1 fully saturated rings. The second kappa shape index (κ2) is 9.31. The zero-order chi connectivity index (χ0) is 19.1. The molecule has 3 rings (SSSR count). The van der Waals surface area contributed by atoms with Gasteiger partial charge in [-0.1, -0.05) is 17.3 Å². The van der Waals surface area contributed by atoms with Crippen molar-refractivity contribution in [3.05, 3.63) is 47.2 Å². The second-order valence-corrected chi connectivity index (χ2v) is 6.90. The normalized spacial score (nSPS) is 15.9. The van der Waals surface area contributed by atoms with Crippen molar-refractivity contribution in [3.8, 4) is 6.07 Å².